The highest BCUT2D eigenvalue weighted by molar-refractivity contribution is 7.98. The van der Waals surface area contributed by atoms with E-state index in [1.807, 2.05) is 42.5 Å². The number of anilines is 2. The maximum absolute atomic E-state index is 13.6. The van der Waals surface area contributed by atoms with Gasteiger partial charge in [0.25, 0.3) is 0 Å². The van der Waals surface area contributed by atoms with Crippen molar-refractivity contribution in [2.24, 2.45) is 4.99 Å². The Labute approximate surface area is 243 Å². The molecule has 10 heteroatoms. The average Bonchev–Trinajstić information content (AvgIpc) is 3.53. The van der Waals surface area contributed by atoms with Gasteiger partial charge >= 0.3 is 6.18 Å². The number of aromatic nitrogens is 1. The smallest absolute Gasteiger partial charge is 0.382 e. The first-order valence-electron chi connectivity index (χ1n) is 13.9. The number of benzene rings is 2. The van der Waals surface area contributed by atoms with Gasteiger partial charge < -0.3 is 24.8 Å². The van der Waals surface area contributed by atoms with Crippen LogP contribution in [-0.2, 0) is 6.54 Å². The molecule has 3 N–H and O–H groups in total. The van der Waals surface area contributed by atoms with Gasteiger partial charge in [-0.3, -0.25) is 4.99 Å². The van der Waals surface area contributed by atoms with Gasteiger partial charge in [0.15, 0.2) is 0 Å². The van der Waals surface area contributed by atoms with Crippen molar-refractivity contribution >= 4 is 40.1 Å². The monoisotopic (exact) mass is 580 g/mol. The SMILES string of the molecule is CCN1CCC(Nc2cccc3c2cc(C#CCNc2ccc(SNC4=NCC(C)=C4)cc2)n3CC(F)(F)F)CC1. The van der Waals surface area contributed by atoms with Gasteiger partial charge in [-0.05, 0) is 98.3 Å². The molecule has 0 bridgehead atoms. The first-order valence-corrected chi connectivity index (χ1v) is 14.7. The Morgan fingerprint density at radius 1 is 1.10 bits per heavy atom. The van der Waals surface area contributed by atoms with Crippen LogP contribution in [0.5, 0.6) is 0 Å². The predicted octanol–water partition coefficient (Wildman–Crippen LogP) is 6.52. The number of hydrogen-bond acceptors (Lipinski definition) is 6. The normalized spacial score (nSPS) is 16.2. The minimum Gasteiger partial charge on any atom is -0.382 e. The number of hydrogen-bond donors (Lipinski definition) is 3. The molecule has 6 nitrogen and oxygen atoms in total. The van der Waals surface area contributed by atoms with Crippen molar-refractivity contribution in [3.05, 3.63) is 65.9 Å². The summed E-state index contributed by atoms with van der Waals surface area (Å²) < 4.78 is 45.2. The van der Waals surface area contributed by atoms with Gasteiger partial charge in [0.05, 0.1) is 24.3 Å². The Hall–Kier alpha value is -3.55. The number of alkyl halides is 3. The molecule has 0 spiro atoms. The fraction of sp³-hybridized carbons (Fsp3) is 0.387. The van der Waals surface area contributed by atoms with Crippen molar-refractivity contribution in [2.45, 2.75) is 50.3 Å². The number of rotatable bonds is 8. The van der Waals surface area contributed by atoms with E-state index in [2.05, 4.69) is 50.9 Å². The lowest BCUT2D eigenvalue weighted by molar-refractivity contribution is -0.140. The Balaban J connectivity index is 1.26. The number of piperidine rings is 1. The lowest BCUT2D eigenvalue weighted by Gasteiger charge is -2.32. The van der Waals surface area contributed by atoms with Gasteiger partial charge in [-0.15, -0.1) is 0 Å². The summed E-state index contributed by atoms with van der Waals surface area (Å²) in [6.07, 6.45) is -0.308. The summed E-state index contributed by atoms with van der Waals surface area (Å²) in [6.45, 7) is 7.26. The van der Waals surface area contributed by atoms with Gasteiger partial charge in [-0.1, -0.05) is 18.9 Å². The van der Waals surface area contributed by atoms with Gasteiger partial charge in [0, 0.05) is 40.8 Å². The van der Waals surface area contributed by atoms with Crippen molar-refractivity contribution in [1.82, 2.24) is 14.2 Å². The summed E-state index contributed by atoms with van der Waals surface area (Å²) >= 11 is 1.49. The number of halogens is 3. The molecule has 0 atom stereocenters. The van der Waals surface area contributed by atoms with Crippen LogP contribution in [0.2, 0.25) is 0 Å². The third-order valence-electron chi connectivity index (χ3n) is 7.28. The van der Waals surface area contributed by atoms with Gasteiger partial charge in [-0.25, -0.2) is 0 Å². The van der Waals surface area contributed by atoms with E-state index in [0.717, 1.165) is 66.5 Å². The lowest BCUT2D eigenvalue weighted by Crippen LogP contribution is -2.38. The van der Waals surface area contributed by atoms with Crippen LogP contribution >= 0.6 is 11.9 Å². The summed E-state index contributed by atoms with van der Waals surface area (Å²) in [5.41, 5.74) is 3.86. The third kappa shape index (κ3) is 7.80. The second-order valence-electron chi connectivity index (χ2n) is 10.4. The van der Waals surface area contributed by atoms with Crippen LogP contribution in [0.4, 0.5) is 24.5 Å². The van der Waals surface area contributed by atoms with Crippen molar-refractivity contribution < 1.29 is 13.2 Å². The van der Waals surface area contributed by atoms with Crippen LogP contribution in [0.1, 0.15) is 32.4 Å². The molecule has 0 aliphatic carbocycles. The van der Waals surface area contributed by atoms with Gasteiger partial charge in [-0.2, -0.15) is 13.2 Å². The highest BCUT2D eigenvalue weighted by Gasteiger charge is 2.30. The first kappa shape index (κ1) is 29.0. The Kier molecular flexibility index (Phi) is 9.15. The van der Waals surface area contributed by atoms with Gasteiger partial charge in [0.2, 0.25) is 0 Å². The molecule has 216 valence electrons. The Bertz CT molecular complexity index is 1470. The summed E-state index contributed by atoms with van der Waals surface area (Å²) in [4.78, 5) is 7.85. The number of fused-ring (bicyclic) bond motifs is 1. The minimum absolute atomic E-state index is 0.297. The van der Waals surface area contributed by atoms with Crippen LogP contribution in [0.3, 0.4) is 0 Å². The maximum Gasteiger partial charge on any atom is 0.406 e. The zero-order valence-corrected chi connectivity index (χ0v) is 24.1. The molecule has 1 fully saturated rings. The second kappa shape index (κ2) is 13.0. The molecule has 1 aromatic heterocycles. The van der Waals surface area contributed by atoms with Crippen molar-refractivity contribution in [2.75, 3.05) is 43.4 Å². The predicted molar refractivity (Wildman–Crippen MR) is 164 cm³/mol. The van der Waals surface area contributed by atoms with Crippen molar-refractivity contribution in [3.63, 3.8) is 0 Å². The van der Waals surface area contributed by atoms with Crippen LogP contribution in [-0.4, -0.2) is 60.2 Å². The number of nitrogens with zero attached hydrogens (tertiary/aromatic N) is 3. The van der Waals surface area contributed by atoms with Crippen LogP contribution < -0.4 is 15.4 Å². The van der Waals surface area contributed by atoms with E-state index in [1.54, 1.807) is 12.1 Å². The highest BCUT2D eigenvalue weighted by atomic mass is 32.2. The molecule has 0 saturated carbocycles. The molecule has 1 saturated heterocycles. The molecule has 0 radical (unpaired) electrons. The summed E-state index contributed by atoms with van der Waals surface area (Å²) in [6, 6.07) is 15.5. The largest absolute Gasteiger partial charge is 0.406 e. The topological polar surface area (TPSA) is 56.6 Å². The number of aliphatic imine (C=N–C) groups is 1. The van der Waals surface area contributed by atoms with E-state index in [4.69, 9.17) is 0 Å². The molecule has 0 unspecified atom stereocenters. The molecule has 3 heterocycles. The van der Waals surface area contributed by atoms with E-state index in [9.17, 15) is 13.2 Å². The second-order valence-corrected chi connectivity index (χ2v) is 11.3. The summed E-state index contributed by atoms with van der Waals surface area (Å²) in [5, 5.41) is 7.60. The fourth-order valence-electron chi connectivity index (χ4n) is 5.11. The van der Waals surface area contributed by atoms with E-state index in [1.165, 1.54) is 22.1 Å². The average molecular weight is 581 g/mol. The Morgan fingerprint density at radius 3 is 2.56 bits per heavy atom. The first-order chi connectivity index (χ1) is 19.8. The third-order valence-corrected chi connectivity index (χ3v) is 8.10. The highest BCUT2D eigenvalue weighted by Crippen LogP contribution is 2.31. The fourth-order valence-corrected chi connectivity index (χ4v) is 5.72. The van der Waals surface area contributed by atoms with Crippen LogP contribution in [0.25, 0.3) is 10.9 Å². The van der Waals surface area contributed by atoms with Gasteiger partial charge in [0.1, 0.15) is 12.4 Å². The molecular formula is C31H35F3N6S. The lowest BCUT2D eigenvalue weighted by atomic mass is 10.0. The zero-order valence-electron chi connectivity index (χ0n) is 23.3. The number of likely N-dealkylation sites (tertiary alicyclic amines) is 1. The summed E-state index contributed by atoms with van der Waals surface area (Å²) in [7, 11) is 0. The van der Waals surface area contributed by atoms with E-state index < -0.39 is 12.7 Å². The van der Waals surface area contributed by atoms with E-state index >= 15 is 0 Å². The number of amidine groups is 1. The number of nitrogens with one attached hydrogen (secondary N) is 3. The molecule has 41 heavy (non-hydrogen) atoms. The maximum atomic E-state index is 13.6. The standard InChI is InChI=1S/C31H35F3N6S/c1-3-39-16-13-24(14-17-39)37-28-7-4-8-29-27(28)19-25(40(29)21-31(32,33)34)6-5-15-35-23-9-11-26(12-10-23)41-38-30-18-22(2)20-36-30/h4,7-12,18-19,24,35,37H,3,13-17,20-21H2,1-2H3,(H,36,38). The van der Waals surface area contributed by atoms with Crippen LogP contribution in [0, 0.1) is 11.8 Å². The molecule has 5 rings (SSSR count). The molecule has 2 aliphatic heterocycles. The molecule has 2 aromatic carbocycles. The van der Waals surface area contributed by atoms with Crippen molar-refractivity contribution in [1.29, 1.82) is 0 Å². The van der Waals surface area contributed by atoms with E-state index in [-0.39, 0.29) is 0 Å². The van der Waals surface area contributed by atoms with Crippen molar-refractivity contribution in [3.8, 4) is 11.8 Å². The van der Waals surface area contributed by atoms with E-state index in [0.29, 0.717) is 23.8 Å². The quantitative estimate of drug-likeness (QED) is 0.209. The minimum atomic E-state index is -4.36. The molecule has 2 aliphatic rings. The summed E-state index contributed by atoms with van der Waals surface area (Å²) in [5.74, 6) is 6.87. The Morgan fingerprint density at radius 2 is 1.88 bits per heavy atom. The molecule has 3 aromatic rings. The zero-order chi connectivity index (χ0) is 28.8. The molecular weight excluding hydrogens is 545 g/mol. The van der Waals surface area contributed by atoms with Crippen LogP contribution in [0.15, 0.2) is 70.1 Å². The molecule has 0 amide bonds.